The highest BCUT2D eigenvalue weighted by molar-refractivity contribution is 7.15. The molecule has 0 saturated carbocycles. The van der Waals surface area contributed by atoms with Gasteiger partial charge in [0.05, 0.1) is 22.8 Å². The number of hydrogen-bond donors (Lipinski definition) is 1. The summed E-state index contributed by atoms with van der Waals surface area (Å²) in [6.45, 7) is 5.50. The topological polar surface area (TPSA) is 45.6 Å². The summed E-state index contributed by atoms with van der Waals surface area (Å²) in [7, 11) is 2.04. The SMILES string of the molecule is Cc1nc(N(C)CC2CCCCO2)sc1C(C)O. The summed E-state index contributed by atoms with van der Waals surface area (Å²) in [4.78, 5) is 7.62. The molecule has 0 bridgehead atoms. The normalized spacial score (nSPS) is 21.9. The number of ether oxygens (including phenoxy) is 1. The number of thiazole rings is 1. The van der Waals surface area contributed by atoms with E-state index in [2.05, 4.69) is 9.88 Å². The van der Waals surface area contributed by atoms with Crippen LogP contribution in [0.25, 0.3) is 0 Å². The molecule has 1 N–H and O–H groups in total. The molecular formula is C13H22N2O2S. The van der Waals surface area contributed by atoms with Crippen molar-refractivity contribution in [3.8, 4) is 0 Å². The fourth-order valence-electron chi connectivity index (χ4n) is 2.28. The number of aryl methyl sites for hydroxylation is 1. The molecule has 0 radical (unpaired) electrons. The second kappa shape index (κ2) is 5.99. The number of aliphatic hydroxyl groups excluding tert-OH is 1. The van der Waals surface area contributed by atoms with Gasteiger partial charge in [0.15, 0.2) is 5.13 Å². The Kier molecular flexibility index (Phi) is 4.59. The van der Waals surface area contributed by atoms with Crippen molar-refractivity contribution in [3.05, 3.63) is 10.6 Å². The van der Waals surface area contributed by atoms with Crippen LogP contribution in [0.2, 0.25) is 0 Å². The smallest absolute Gasteiger partial charge is 0.185 e. The van der Waals surface area contributed by atoms with Crippen LogP contribution in [0.15, 0.2) is 0 Å². The number of rotatable bonds is 4. The van der Waals surface area contributed by atoms with E-state index in [1.54, 1.807) is 18.3 Å². The van der Waals surface area contributed by atoms with Crippen LogP contribution in [0.5, 0.6) is 0 Å². The first-order valence-electron chi connectivity index (χ1n) is 6.56. The van der Waals surface area contributed by atoms with Gasteiger partial charge in [0.2, 0.25) is 0 Å². The summed E-state index contributed by atoms with van der Waals surface area (Å²) in [6, 6.07) is 0. The first kappa shape index (κ1) is 13.8. The molecule has 1 aromatic heterocycles. The Bertz CT molecular complexity index is 386. The monoisotopic (exact) mass is 270 g/mol. The molecular weight excluding hydrogens is 248 g/mol. The maximum atomic E-state index is 9.65. The molecule has 1 fully saturated rings. The Morgan fingerprint density at radius 1 is 1.56 bits per heavy atom. The lowest BCUT2D eigenvalue weighted by atomic mass is 10.1. The average molecular weight is 270 g/mol. The predicted octanol–water partition coefficient (Wildman–Crippen LogP) is 2.51. The highest BCUT2D eigenvalue weighted by atomic mass is 32.1. The second-order valence-electron chi connectivity index (χ2n) is 4.99. The van der Waals surface area contributed by atoms with E-state index in [1.807, 2.05) is 14.0 Å². The van der Waals surface area contributed by atoms with Gasteiger partial charge in [-0.15, -0.1) is 0 Å². The molecule has 2 unspecified atom stereocenters. The Labute approximate surface area is 113 Å². The molecule has 1 saturated heterocycles. The molecule has 0 aromatic carbocycles. The predicted molar refractivity (Wildman–Crippen MR) is 74.3 cm³/mol. The van der Waals surface area contributed by atoms with Gasteiger partial charge in [0.25, 0.3) is 0 Å². The quantitative estimate of drug-likeness (QED) is 0.913. The van der Waals surface area contributed by atoms with Gasteiger partial charge in [-0.1, -0.05) is 11.3 Å². The van der Waals surface area contributed by atoms with E-state index in [4.69, 9.17) is 4.74 Å². The van der Waals surface area contributed by atoms with Gasteiger partial charge in [0, 0.05) is 20.2 Å². The minimum absolute atomic E-state index is 0.322. The minimum Gasteiger partial charge on any atom is -0.388 e. The largest absolute Gasteiger partial charge is 0.388 e. The number of likely N-dealkylation sites (N-methyl/N-ethyl adjacent to an activating group) is 1. The number of anilines is 1. The van der Waals surface area contributed by atoms with Crippen molar-refractivity contribution in [3.63, 3.8) is 0 Å². The zero-order valence-corrected chi connectivity index (χ0v) is 12.2. The average Bonchev–Trinajstić information content (AvgIpc) is 2.73. The molecule has 1 aliphatic rings. The summed E-state index contributed by atoms with van der Waals surface area (Å²) < 4.78 is 5.74. The Morgan fingerprint density at radius 3 is 2.89 bits per heavy atom. The van der Waals surface area contributed by atoms with Crippen molar-refractivity contribution in [2.45, 2.75) is 45.3 Å². The summed E-state index contributed by atoms with van der Waals surface area (Å²) in [5.41, 5.74) is 0.932. The lowest BCUT2D eigenvalue weighted by Gasteiger charge is -2.27. The summed E-state index contributed by atoms with van der Waals surface area (Å²) in [5.74, 6) is 0. The number of aromatic nitrogens is 1. The first-order valence-corrected chi connectivity index (χ1v) is 7.37. The van der Waals surface area contributed by atoms with E-state index in [0.717, 1.165) is 35.3 Å². The van der Waals surface area contributed by atoms with Gasteiger partial charge in [-0.3, -0.25) is 0 Å². The minimum atomic E-state index is -0.435. The van der Waals surface area contributed by atoms with E-state index in [1.165, 1.54) is 12.8 Å². The Balaban J connectivity index is 1.99. The molecule has 0 aliphatic carbocycles. The number of nitrogens with zero attached hydrogens (tertiary/aromatic N) is 2. The van der Waals surface area contributed by atoms with Gasteiger partial charge in [-0.25, -0.2) is 4.98 Å². The first-order chi connectivity index (χ1) is 8.58. The van der Waals surface area contributed by atoms with E-state index in [9.17, 15) is 5.11 Å². The highest BCUT2D eigenvalue weighted by Gasteiger charge is 2.19. The summed E-state index contributed by atoms with van der Waals surface area (Å²) in [5, 5.41) is 10.6. The molecule has 1 aromatic rings. The van der Waals surface area contributed by atoms with Crippen LogP contribution >= 0.6 is 11.3 Å². The molecule has 18 heavy (non-hydrogen) atoms. The van der Waals surface area contributed by atoms with Gasteiger partial charge in [-0.05, 0) is 33.1 Å². The van der Waals surface area contributed by atoms with Crippen LogP contribution < -0.4 is 4.90 Å². The number of aliphatic hydroxyl groups is 1. The standard InChI is InChI=1S/C13H22N2O2S/c1-9-12(10(2)16)18-13(14-9)15(3)8-11-6-4-5-7-17-11/h10-11,16H,4-8H2,1-3H3. The molecule has 2 rings (SSSR count). The van der Waals surface area contributed by atoms with Crippen molar-refractivity contribution in [2.24, 2.45) is 0 Å². The third kappa shape index (κ3) is 3.22. The Hall–Kier alpha value is -0.650. The van der Waals surface area contributed by atoms with Crippen LogP contribution in [0.1, 0.15) is 42.9 Å². The van der Waals surface area contributed by atoms with Crippen molar-refractivity contribution in [1.29, 1.82) is 0 Å². The maximum absolute atomic E-state index is 9.65. The van der Waals surface area contributed by atoms with E-state index >= 15 is 0 Å². The lowest BCUT2D eigenvalue weighted by Crippen LogP contribution is -2.33. The molecule has 5 heteroatoms. The van der Waals surface area contributed by atoms with Gasteiger partial charge in [-0.2, -0.15) is 0 Å². The zero-order chi connectivity index (χ0) is 13.1. The van der Waals surface area contributed by atoms with Crippen molar-refractivity contribution < 1.29 is 9.84 Å². The van der Waals surface area contributed by atoms with Crippen LogP contribution in [0.4, 0.5) is 5.13 Å². The highest BCUT2D eigenvalue weighted by Crippen LogP contribution is 2.30. The van der Waals surface area contributed by atoms with Crippen LogP contribution in [-0.2, 0) is 4.74 Å². The molecule has 2 atom stereocenters. The lowest BCUT2D eigenvalue weighted by molar-refractivity contribution is 0.0216. The van der Waals surface area contributed by atoms with Crippen LogP contribution in [0, 0.1) is 6.92 Å². The fraction of sp³-hybridized carbons (Fsp3) is 0.769. The summed E-state index contributed by atoms with van der Waals surface area (Å²) >= 11 is 1.57. The molecule has 4 nitrogen and oxygen atoms in total. The third-order valence-electron chi connectivity index (χ3n) is 3.28. The van der Waals surface area contributed by atoms with Gasteiger partial charge < -0.3 is 14.7 Å². The van der Waals surface area contributed by atoms with Crippen molar-refractivity contribution >= 4 is 16.5 Å². The van der Waals surface area contributed by atoms with E-state index < -0.39 is 6.10 Å². The fourth-order valence-corrected chi connectivity index (χ4v) is 3.25. The third-order valence-corrected chi connectivity index (χ3v) is 4.72. The van der Waals surface area contributed by atoms with Gasteiger partial charge >= 0.3 is 0 Å². The van der Waals surface area contributed by atoms with Gasteiger partial charge in [0.1, 0.15) is 0 Å². The van der Waals surface area contributed by atoms with Crippen molar-refractivity contribution in [1.82, 2.24) is 4.98 Å². The molecule has 102 valence electrons. The van der Waals surface area contributed by atoms with E-state index in [-0.39, 0.29) is 0 Å². The number of hydrogen-bond acceptors (Lipinski definition) is 5. The van der Waals surface area contributed by atoms with Crippen LogP contribution in [0.3, 0.4) is 0 Å². The van der Waals surface area contributed by atoms with E-state index in [0.29, 0.717) is 6.10 Å². The van der Waals surface area contributed by atoms with Crippen molar-refractivity contribution in [2.75, 3.05) is 25.1 Å². The molecule has 0 spiro atoms. The molecule has 2 heterocycles. The van der Waals surface area contributed by atoms with Crippen LogP contribution in [-0.4, -0.2) is 36.4 Å². The second-order valence-corrected chi connectivity index (χ2v) is 6.00. The molecule has 1 aliphatic heterocycles. The summed E-state index contributed by atoms with van der Waals surface area (Å²) in [6.07, 6.45) is 3.47. The maximum Gasteiger partial charge on any atom is 0.185 e. The molecule has 0 amide bonds. The zero-order valence-electron chi connectivity index (χ0n) is 11.3. The Morgan fingerprint density at radius 2 is 2.33 bits per heavy atom.